The van der Waals surface area contributed by atoms with Gasteiger partial charge in [-0.15, -0.1) is 11.8 Å². The number of aryl methyl sites for hydroxylation is 1. The molecule has 3 aromatic carbocycles. The van der Waals surface area contributed by atoms with E-state index in [-0.39, 0.29) is 12.1 Å². The number of para-hydroxylation sites is 1. The number of rotatable bonds is 3. The Labute approximate surface area is 199 Å². The van der Waals surface area contributed by atoms with Gasteiger partial charge in [0.2, 0.25) is 0 Å². The number of urea groups is 1. The fraction of sp³-hybridized carbons (Fsp3) is 0.179. The Morgan fingerprint density at radius 1 is 0.939 bits per heavy atom. The first kappa shape index (κ1) is 21.4. The lowest BCUT2D eigenvalue weighted by Gasteiger charge is -2.31. The van der Waals surface area contributed by atoms with E-state index in [0.717, 1.165) is 39.3 Å². The Kier molecular flexibility index (Phi) is 5.73. The Morgan fingerprint density at radius 3 is 2.52 bits per heavy atom. The maximum absolute atomic E-state index is 13.8. The number of nitrogens with zero attached hydrogens (tertiary/aromatic N) is 2. The van der Waals surface area contributed by atoms with Crippen molar-refractivity contribution in [3.8, 4) is 5.69 Å². The van der Waals surface area contributed by atoms with Crippen LogP contribution in [0.5, 0.6) is 0 Å². The molecule has 2 heterocycles. The van der Waals surface area contributed by atoms with Gasteiger partial charge in [-0.3, -0.25) is 0 Å². The molecule has 0 unspecified atom stereocenters. The third-order valence-electron chi connectivity index (χ3n) is 6.50. The Hall–Kier alpha value is -3.44. The first-order valence-electron chi connectivity index (χ1n) is 11.1. The molecule has 0 radical (unpaired) electrons. The van der Waals surface area contributed by atoms with Crippen molar-refractivity contribution in [1.82, 2.24) is 9.47 Å². The lowest BCUT2D eigenvalue weighted by atomic mass is 10.0. The van der Waals surface area contributed by atoms with E-state index in [1.54, 1.807) is 11.8 Å². The lowest BCUT2D eigenvalue weighted by Crippen LogP contribution is -2.38. The largest absolute Gasteiger partial charge is 0.322 e. The van der Waals surface area contributed by atoms with Crippen LogP contribution in [0, 0.1) is 13.8 Å². The van der Waals surface area contributed by atoms with E-state index in [0.29, 0.717) is 6.54 Å². The fourth-order valence-corrected chi connectivity index (χ4v) is 4.96. The van der Waals surface area contributed by atoms with E-state index >= 15 is 0 Å². The molecule has 1 atom stereocenters. The number of aromatic nitrogens is 1. The van der Waals surface area contributed by atoms with Crippen LogP contribution < -0.4 is 5.32 Å². The molecule has 1 aliphatic heterocycles. The normalized spacial score (nSPS) is 14.9. The van der Waals surface area contributed by atoms with E-state index in [9.17, 15) is 4.79 Å². The second-order valence-electron chi connectivity index (χ2n) is 8.41. The van der Waals surface area contributed by atoms with Gasteiger partial charge in [-0.1, -0.05) is 42.5 Å². The molecule has 5 rings (SSSR count). The highest BCUT2D eigenvalue weighted by molar-refractivity contribution is 7.98. The van der Waals surface area contributed by atoms with Crippen LogP contribution in [0.15, 0.2) is 90.0 Å². The van der Waals surface area contributed by atoms with Gasteiger partial charge in [-0.2, -0.15) is 0 Å². The minimum Gasteiger partial charge on any atom is -0.318 e. The molecule has 0 fully saturated rings. The van der Waals surface area contributed by atoms with Gasteiger partial charge in [0.15, 0.2) is 0 Å². The van der Waals surface area contributed by atoms with E-state index in [4.69, 9.17) is 0 Å². The maximum atomic E-state index is 13.8. The molecule has 1 aliphatic rings. The second-order valence-corrected chi connectivity index (χ2v) is 9.29. The second kappa shape index (κ2) is 8.83. The molecular weight excluding hydrogens is 426 g/mol. The van der Waals surface area contributed by atoms with E-state index < -0.39 is 0 Å². The van der Waals surface area contributed by atoms with Gasteiger partial charge in [0, 0.05) is 22.5 Å². The summed E-state index contributed by atoms with van der Waals surface area (Å²) in [5.74, 6) is 0. The molecule has 0 saturated heterocycles. The molecule has 166 valence electrons. The Balaban J connectivity index is 1.63. The molecule has 4 nitrogen and oxygen atoms in total. The van der Waals surface area contributed by atoms with E-state index in [1.165, 1.54) is 4.90 Å². The molecule has 5 heteroatoms. The number of fused-ring (bicyclic) bond motifs is 3. The third-order valence-corrected chi connectivity index (χ3v) is 7.25. The van der Waals surface area contributed by atoms with Crippen LogP contribution >= 0.6 is 11.8 Å². The molecule has 33 heavy (non-hydrogen) atoms. The molecular formula is C28H27N3OS. The number of nitrogens with one attached hydrogen (secondary N) is 1. The summed E-state index contributed by atoms with van der Waals surface area (Å²) in [6, 6.07) is 26.7. The van der Waals surface area contributed by atoms with Crippen LogP contribution in [-0.2, 0) is 6.54 Å². The molecule has 0 aliphatic carbocycles. The minimum absolute atomic E-state index is 0.105. The predicted molar refractivity (Wildman–Crippen MR) is 136 cm³/mol. The van der Waals surface area contributed by atoms with Gasteiger partial charge in [0.25, 0.3) is 0 Å². The zero-order valence-corrected chi connectivity index (χ0v) is 19.9. The monoisotopic (exact) mass is 453 g/mol. The number of hydrogen-bond donors (Lipinski definition) is 1. The zero-order chi connectivity index (χ0) is 22.9. The summed E-state index contributed by atoms with van der Waals surface area (Å²) in [5.41, 5.74) is 7.51. The molecule has 0 saturated carbocycles. The zero-order valence-electron chi connectivity index (χ0n) is 19.1. The van der Waals surface area contributed by atoms with Crippen LogP contribution in [-0.4, -0.2) is 21.8 Å². The van der Waals surface area contributed by atoms with Crippen molar-refractivity contribution in [2.75, 3.05) is 11.6 Å². The first-order chi connectivity index (χ1) is 16.1. The van der Waals surface area contributed by atoms with Gasteiger partial charge < -0.3 is 14.8 Å². The SMILES string of the molecule is CSc1ccc([C@@H]2c3cccn3-c3ccccc3CN2C(=O)Nc2cccc(C)c2C)cc1. The number of carbonyl (C=O) groups is 1. The van der Waals surface area contributed by atoms with Gasteiger partial charge >= 0.3 is 6.03 Å². The molecule has 4 aromatic rings. The lowest BCUT2D eigenvalue weighted by molar-refractivity contribution is 0.194. The summed E-state index contributed by atoms with van der Waals surface area (Å²) in [7, 11) is 0. The number of benzene rings is 3. The summed E-state index contributed by atoms with van der Waals surface area (Å²) in [6.07, 6.45) is 4.16. The van der Waals surface area contributed by atoms with Crippen LogP contribution in [0.4, 0.5) is 10.5 Å². The van der Waals surface area contributed by atoms with Crippen molar-refractivity contribution in [2.45, 2.75) is 31.3 Å². The highest BCUT2D eigenvalue weighted by atomic mass is 32.2. The first-order valence-corrected chi connectivity index (χ1v) is 12.3. The van der Waals surface area contributed by atoms with Gasteiger partial charge in [0.1, 0.15) is 0 Å². The molecule has 0 bridgehead atoms. The van der Waals surface area contributed by atoms with Crippen molar-refractivity contribution >= 4 is 23.5 Å². The Bertz CT molecular complexity index is 1310. The quantitative estimate of drug-likeness (QED) is 0.341. The molecule has 0 spiro atoms. The highest BCUT2D eigenvalue weighted by Crippen LogP contribution is 2.37. The Morgan fingerprint density at radius 2 is 1.73 bits per heavy atom. The number of thioether (sulfide) groups is 1. The molecule has 1 N–H and O–H groups in total. The standard InChI is InChI=1S/C28H27N3OS/c1-19-8-6-10-24(20(19)2)29-28(32)31-18-22-9-4-5-11-25(22)30-17-7-12-26(30)27(31)21-13-15-23(33-3)16-14-21/h4-17,27H,18H2,1-3H3,(H,29,32)/t27-/m1/s1. The minimum atomic E-state index is -0.214. The number of carbonyl (C=O) groups excluding carboxylic acids is 1. The summed E-state index contributed by atoms with van der Waals surface area (Å²) in [6.45, 7) is 4.63. The van der Waals surface area contributed by atoms with Gasteiger partial charge in [0.05, 0.1) is 18.3 Å². The van der Waals surface area contributed by atoms with Crippen LogP contribution in [0.25, 0.3) is 5.69 Å². The van der Waals surface area contributed by atoms with E-state index in [2.05, 4.69) is 89.9 Å². The van der Waals surface area contributed by atoms with Crippen LogP contribution in [0.3, 0.4) is 0 Å². The van der Waals surface area contributed by atoms with Crippen molar-refractivity contribution in [3.63, 3.8) is 0 Å². The fourth-order valence-electron chi connectivity index (χ4n) is 4.55. The topological polar surface area (TPSA) is 37.3 Å². The smallest absolute Gasteiger partial charge is 0.318 e. The maximum Gasteiger partial charge on any atom is 0.322 e. The average molecular weight is 454 g/mol. The highest BCUT2D eigenvalue weighted by Gasteiger charge is 2.33. The number of hydrogen-bond acceptors (Lipinski definition) is 2. The summed E-state index contributed by atoms with van der Waals surface area (Å²) >= 11 is 1.72. The van der Waals surface area contributed by atoms with Crippen molar-refractivity contribution in [1.29, 1.82) is 0 Å². The third kappa shape index (κ3) is 3.93. The van der Waals surface area contributed by atoms with Gasteiger partial charge in [-0.05, 0) is 78.8 Å². The van der Waals surface area contributed by atoms with Crippen molar-refractivity contribution in [3.05, 3.63) is 113 Å². The van der Waals surface area contributed by atoms with Crippen molar-refractivity contribution < 1.29 is 4.79 Å². The summed E-state index contributed by atoms with van der Waals surface area (Å²) < 4.78 is 2.22. The van der Waals surface area contributed by atoms with Gasteiger partial charge in [-0.25, -0.2) is 4.79 Å². The summed E-state index contributed by atoms with van der Waals surface area (Å²) in [4.78, 5) is 17.0. The van der Waals surface area contributed by atoms with Crippen LogP contribution in [0.1, 0.15) is 34.0 Å². The predicted octanol–water partition coefficient (Wildman–Crippen LogP) is 6.95. The number of amides is 2. The summed E-state index contributed by atoms with van der Waals surface area (Å²) in [5, 5.41) is 3.20. The molecule has 2 amide bonds. The molecule has 1 aromatic heterocycles. The van der Waals surface area contributed by atoms with Crippen LogP contribution in [0.2, 0.25) is 0 Å². The number of anilines is 1. The van der Waals surface area contributed by atoms with Crippen molar-refractivity contribution in [2.24, 2.45) is 0 Å². The average Bonchev–Trinajstić information content (AvgIpc) is 3.26. The van der Waals surface area contributed by atoms with E-state index in [1.807, 2.05) is 30.0 Å².